The standard InChI is InChI=1S/C20H39NO3S/c1-4-5-6-7-8-9-10-11-12-13-14-15-19(22)21(2)18(20(23)24)16-17-25-3/h18H,4-17H2,1-3H3,(H,23,24)/t18-/m0/s1. The van der Waals surface area contributed by atoms with Crippen LogP contribution in [0.3, 0.4) is 0 Å². The van der Waals surface area contributed by atoms with Crippen LogP contribution in [0.25, 0.3) is 0 Å². The molecule has 0 rings (SSSR count). The van der Waals surface area contributed by atoms with Crippen LogP contribution in [0, 0.1) is 0 Å². The largest absolute Gasteiger partial charge is 0.480 e. The summed E-state index contributed by atoms with van der Waals surface area (Å²) in [6, 6.07) is -0.687. The van der Waals surface area contributed by atoms with Gasteiger partial charge in [0.25, 0.3) is 0 Å². The number of unbranched alkanes of at least 4 members (excludes halogenated alkanes) is 10. The maximum Gasteiger partial charge on any atom is 0.326 e. The van der Waals surface area contributed by atoms with Gasteiger partial charge in [0.1, 0.15) is 6.04 Å². The van der Waals surface area contributed by atoms with E-state index < -0.39 is 12.0 Å². The van der Waals surface area contributed by atoms with Crippen molar-refractivity contribution in [3.63, 3.8) is 0 Å². The number of hydrogen-bond donors (Lipinski definition) is 1. The second-order valence-corrected chi connectivity index (χ2v) is 7.91. The maximum absolute atomic E-state index is 12.2. The molecule has 0 unspecified atom stereocenters. The van der Waals surface area contributed by atoms with Crippen LogP contribution in [-0.4, -0.2) is 47.0 Å². The molecule has 0 saturated carbocycles. The van der Waals surface area contributed by atoms with Crippen LogP contribution in [0.15, 0.2) is 0 Å². The molecule has 0 aromatic carbocycles. The minimum Gasteiger partial charge on any atom is -0.480 e. The third kappa shape index (κ3) is 13.2. The minimum absolute atomic E-state index is 0.0376. The number of carbonyl (C=O) groups excluding carboxylic acids is 1. The topological polar surface area (TPSA) is 57.6 Å². The fraction of sp³-hybridized carbons (Fsp3) is 0.900. The number of rotatable bonds is 17. The summed E-state index contributed by atoms with van der Waals surface area (Å²) in [5.41, 5.74) is 0. The Balaban J connectivity index is 3.69. The van der Waals surface area contributed by atoms with Crippen molar-refractivity contribution in [3.05, 3.63) is 0 Å². The Bertz CT molecular complexity index is 350. The van der Waals surface area contributed by atoms with E-state index in [1.165, 1.54) is 62.7 Å². The number of carbonyl (C=O) groups is 2. The molecular formula is C20H39NO3S. The molecule has 0 bridgehead atoms. The Morgan fingerprint density at radius 1 is 0.920 bits per heavy atom. The summed E-state index contributed by atoms with van der Waals surface area (Å²) in [6.07, 6.45) is 16.7. The first kappa shape index (κ1) is 24.3. The van der Waals surface area contributed by atoms with E-state index in [4.69, 9.17) is 0 Å². The molecule has 4 nitrogen and oxygen atoms in total. The Morgan fingerprint density at radius 2 is 1.40 bits per heavy atom. The number of carboxylic acids is 1. The van der Waals surface area contributed by atoms with Crippen LogP contribution >= 0.6 is 11.8 Å². The van der Waals surface area contributed by atoms with Crippen molar-refractivity contribution >= 4 is 23.6 Å². The van der Waals surface area contributed by atoms with Gasteiger partial charge in [-0.2, -0.15) is 11.8 Å². The van der Waals surface area contributed by atoms with Crippen molar-refractivity contribution in [1.82, 2.24) is 4.90 Å². The third-order valence-electron chi connectivity index (χ3n) is 4.74. The SMILES string of the molecule is CCCCCCCCCCCCCC(=O)N(C)[C@@H](CCSC)C(=O)O. The van der Waals surface area contributed by atoms with Crippen molar-refractivity contribution in [3.8, 4) is 0 Å². The number of likely N-dealkylation sites (N-methyl/N-ethyl adjacent to an activating group) is 1. The normalized spacial score (nSPS) is 12.1. The summed E-state index contributed by atoms with van der Waals surface area (Å²) in [7, 11) is 1.62. The summed E-state index contributed by atoms with van der Waals surface area (Å²) < 4.78 is 0. The second kappa shape index (κ2) is 16.7. The van der Waals surface area contributed by atoms with Crippen molar-refractivity contribution in [1.29, 1.82) is 0 Å². The number of amides is 1. The minimum atomic E-state index is -0.899. The molecule has 0 fully saturated rings. The lowest BCUT2D eigenvalue weighted by Gasteiger charge is -2.24. The van der Waals surface area contributed by atoms with Crippen LogP contribution in [0.2, 0.25) is 0 Å². The van der Waals surface area contributed by atoms with Crippen molar-refractivity contribution < 1.29 is 14.7 Å². The van der Waals surface area contributed by atoms with Crippen LogP contribution in [0.5, 0.6) is 0 Å². The maximum atomic E-state index is 12.2. The first-order valence-corrected chi connectivity index (χ1v) is 11.4. The Kier molecular flexibility index (Phi) is 16.3. The van der Waals surface area contributed by atoms with Gasteiger partial charge in [0.05, 0.1) is 0 Å². The second-order valence-electron chi connectivity index (χ2n) is 6.93. The van der Waals surface area contributed by atoms with Gasteiger partial charge >= 0.3 is 5.97 Å². The van der Waals surface area contributed by atoms with Crippen LogP contribution < -0.4 is 0 Å². The first-order valence-electron chi connectivity index (χ1n) is 10.0. The third-order valence-corrected chi connectivity index (χ3v) is 5.38. The van der Waals surface area contributed by atoms with E-state index in [0.29, 0.717) is 12.8 Å². The van der Waals surface area contributed by atoms with E-state index in [2.05, 4.69) is 6.92 Å². The Morgan fingerprint density at radius 3 is 1.84 bits per heavy atom. The monoisotopic (exact) mass is 373 g/mol. The molecular weight excluding hydrogens is 334 g/mol. The van der Waals surface area contributed by atoms with Crippen molar-refractivity contribution in [2.45, 2.75) is 96.4 Å². The van der Waals surface area contributed by atoms with Gasteiger partial charge in [0.2, 0.25) is 5.91 Å². The van der Waals surface area contributed by atoms with Crippen LogP contribution in [0.1, 0.15) is 90.4 Å². The molecule has 0 radical (unpaired) electrons. The lowest BCUT2D eigenvalue weighted by Crippen LogP contribution is -2.42. The molecule has 0 aromatic rings. The summed E-state index contributed by atoms with van der Waals surface area (Å²) in [5, 5.41) is 9.28. The molecule has 0 saturated heterocycles. The molecule has 1 N–H and O–H groups in total. The average Bonchev–Trinajstić information content (AvgIpc) is 2.59. The molecule has 0 aliphatic rings. The van der Waals surface area contributed by atoms with E-state index in [1.807, 2.05) is 6.26 Å². The Labute approximate surface area is 159 Å². The molecule has 1 amide bonds. The lowest BCUT2D eigenvalue weighted by atomic mass is 10.0. The predicted molar refractivity (Wildman–Crippen MR) is 108 cm³/mol. The van der Waals surface area contributed by atoms with E-state index in [1.54, 1.807) is 18.8 Å². The molecule has 0 spiro atoms. The van der Waals surface area contributed by atoms with E-state index in [0.717, 1.165) is 18.6 Å². The van der Waals surface area contributed by atoms with E-state index in [9.17, 15) is 14.7 Å². The Hall–Kier alpha value is -0.710. The summed E-state index contributed by atoms with van der Waals surface area (Å²) >= 11 is 1.61. The molecule has 0 aromatic heterocycles. The fourth-order valence-corrected chi connectivity index (χ4v) is 3.46. The zero-order valence-corrected chi connectivity index (χ0v) is 17.4. The molecule has 0 aliphatic carbocycles. The highest BCUT2D eigenvalue weighted by Gasteiger charge is 2.25. The molecule has 0 aliphatic heterocycles. The molecule has 25 heavy (non-hydrogen) atoms. The highest BCUT2D eigenvalue weighted by Crippen LogP contribution is 2.14. The zero-order chi connectivity index (χ0) is 18.9. The van der Waals surface area contributed by atoms with Gasteiger partial charge in [-0.1, -0.05) is 71.1 Å². The van der Waals surface area contributed by atoms with E-state index >= 15 is 0 Å². The van der Waals surface area contributed by atoms with Gasteiger partial charge < -0.3 is 10.0 Å². The highest BCUT2D eigenvalue weighted by molar-refractivity contribution is 7.98. The first-order chi connectivity index (χ1) is 12.0. The van der Waals surface area contributed by atoms with Gasteiger partial charge in [0, 0.05) is 13.5 Å². The summed E-state index contributed by atoms with van der Waals surface area (Å²) in [5.74, 6) is -0.180. The average molecular weight is 374 g/mol. The van der Waals surface area contributed by atoms with Gasteiger partial charge in [0.15, 0.2) is 0 Å². The predicted octanol–water partition coefficient (Wildman–Crippen LogP) is 5.35. The van der Waals surface area contributed by atoms with Crippen molar-refractivity contribution in [2.75, 3.05) is 19.1 Å². The van der Waals surface area contributed by atoms with Gasteiger partial charge in [-0.05, 0) is 24.9 Å². The zero-order valence-electron chi connectivity index (χ0n) is 16.6. The molecule has 1 atom stereocenters. The quantitative estimate of drug-likeness (QED) is 0.349. The lowest BCUT2D eigenvalue weighted by molar-refractivity contribution is -0.149. The molecule has 5 heteroatoms. The van der Waals surface area contributed by atoms with Crippen molar-refractivity contribution in [2.24, 2.45) is 0 Å². The highest BCUT2D eigenvalue weighted by atomic mass is 32.2. The number of hydrogen-bond acceptors (Lipinski definition) is 3. The number of carboxylic acid groups (broad SMARTS) is 1. The van der Waals surface area contributed by atoms with E-state index in [-0.39, 0.29) is 5.91 Å². The number of aliphatic carboxylic acids is 1. The van der Waals surface area contributed by atoms with Gasteiger partial charge in [-0.15, -0.1) is 0 Å². The van der Waals surface area contributed by atoms with Crippen LogP contribution in [0.4, 0.5) is 0 Å². The summed E-state index contributed by atoms with van der Waals surface area (Å²) in [4.78, 5) is 24.9. The fourth-order valence-electron chi connectivity index (χ4n) is 3.00. The summed E-state index contributed by atoms with van der Waals surface area (Å²) in [6.45, 7) is 2.24. The van der Waals surface area contributed by atoms with Gasteiger partial charge in [-0.25, -0.2) is 4.79 Å². The molecule has 0 heterocycles. The van der Waals surface area contributed by atoms with Crippen LogP contribution in [-0.2, 0) is 9.59 Å². The smallest absolute Gasteiger partial charge is 0.326 e. The number of nitrogens with zero attached hydrogens (tertiary/aromatic N) is 1. The van der Waals surface area contributed by atoms with Gasteiger partial charge in [-0.3, -0.25) is 4.79 Å². The number of thioether (sulfide) groups is 1. The molecule has 148 valence electrons.